The van der Waals surface area contributed by atoms with Gasteiger partial charge in [-0.15, -0.1) is 0 Å². The van der Waals surface area contributed by atoms with Gasteiger partial charge < -0.3 is 4.74 Å². The number of amides is 1. The maximum atomic E-state index is 12.0. The van der Waals surface area contributed by atoms with E-state index in [2.05, 4.69) is 0 Å². The number of carbonyl (C=O) groups is 1. The number of carbonyl (C=O) groups excluding carboxylic acids is 1. The van der Waals surface area contributed by atoms with Crippen molar-refractivity contribution in [2.45, 2.75) is 20.4 Å². The molecule has 0 N–H and O–H groups in total. The Bertz CT molecular complexity index is 448. The molecule has 1 amide bonds. The van der Waals surface area contributed by atoms with Crippen molar-refractivity contribution in [3.05, 3.63) is 29.8 Å². The van der Waals surface area contributed by atoms with E-state index in [4.69, 9.17) is 21.2 Å². The van der Waals surface area contributed by atoms with Crippen molar-refractivity contribution < 1.29 is 14.4 Å². The van der Waals surface area contributed by atoms with Crippen molar-refractivity contribution in [2.24, 2.45) is 5.41 Å². The minimum absolute atomic E-state index is 0.0109. The van der Waals surface area contributed by atoms with E-state index in [1.54, 1.807) is 0 Å². The van der Waals surface area contributed by atoms with Crippen LogP contribution in [0.4, 0.5) is 0 Å². The summed E-state index contributed by atoms with van der Waals surface area (Å²) in [4.78, 5) is 17.4. The molecule has 18 heavy (non-hydrogen) atoms. The molecule has 1 fully saturated rings. The molecular formula is C13H16ClNO3. The van der Waals surface area contributed by atoms with Crippen molar-refractivity contribution in [1.29, 1.82) is 0 Å². The van der Waals surface area contributed by atoms with Gasteiger partial charge in [0.2, 0.25) is 0 Å². The van der Waals surface area contributed by atoms with Crippen LogP contribution in [-0.2, 0) is 16.2 Å². The van der Waals surface area contributed by atoms with Crippen molar-refractivity contribution in [3.63, 3.8) is 0 Å². The number of ether oxygens (including phenoxy) is 1. The standard InChI is InChI=1S/C13H16ClNO3/c1-13(2)8-18-15(12(13)16)7-10-5-3-4-6-11(10)17-9-14/h3-6H,7-9H2,1-2H3. The summed E-state index contributed by atoms with van der Waals surface area (Å²) >= 11 is 5.56. The maximum absolute atomic E-state index is 12.0. The van der Waals surface area contributed by atoms with Gasteiger partial charge in [-0.1, -0.05) is 29.8 Å². The zero-order valence-corrected chi connectivity index (χ0v) is 11.2. The Kier molecular flexibility index (Phi) is 3.78. The molecule has 1 saturated heterocycles. The molecule has 4 nitrogen and oxygen atoms in total. The minimum Gasteiger partial charge on any atom is -0.478 e. The first-order chi connectivity index (χ1) is 8.54. The number of alkyl halides is 1. The summed E-state index contributed by atoms with van der Waals surface area (Å²) in [6.07, 6.45) is 0. The molecule has 1 aliphatic rings. The average molecular weight is 270 g/mol. The molecule has 0 radical (unpaired) electrons. The first kappa shape index (κ1) is 13.2. The highest BCUT2D eigenvalue weighted by atomic mass is 35.5. The zero-order chi connectivity index (χ0) is 13.2. The summed E-state index contributed by atoms with van der Waals surface area (Å²) in [7, 11) is 0. The molecule has 98 valence electrons. The molecule has 0 spiro atoms. The third-order valence-corrected chi connectivity index (χ3v) is 2.99. The quantitative estimate of drug-likeness (QED) is 0.789. The Morgan fingerprint density at radius 3 is 2.78 bits per heavy atom. The molecule has 1 aromatic rings. The van der Waals surface area contributed by atoms with Gasteiger partial charge in [-0.3, -0.25) is 9.63 Å². The molecule has 1 aliphatic heterocycles. The second-order valence-electron chi connectivity index (χ2n) is 4.86. The molecule has 0 bridgehead atoms. The summed E-state index contributed by atoms with van der Waals surface area (Å²) in [6.45, 7) is 4.52. The van der Waals surface area contributed by atoms with Crippen molar-refractivity contribution >= 4 is 17.5 Å². The number of hydrogen-bond donors (Lipinski definition) is 0. The van der Waals surface area contributed by atoms with Crippen LogP contribution in [0.5, 0.6) is 5.75 Å². The van der Waals surface area contributed by atoms with Gasteiger partial charge in [0.15, 0.2) is 6.07 Å². The lowest BCUT2D eigenvalue weighted by Crippen LogP contribution is -2.30. The highest BCUT2D eigenvalue weighted by Gasteiger charge is 2.40. The monoisotopic (exact) mass is 269 g/mol. The lowest BCUT2D eigenvalue weighted by molar-refractivity contribution is -0.165. The first-order valence-electron chi connectivity index (χ1n) is 5.76. The van der Waals surface area contributed by atoms with E-state index in [1.165, 1.54) is 5.06 Å². The molecular weight excluding hydrogens is 254 g/mol. The van der Waals surface area contributed by atoms with Crippen LogP contribution < -0.4 is 4.74 Å². The molecule has 1 heterocycles. The Hall–Kier alpha value is -1.26. The fraction of sp³-hybridized carbons (Fsp3) is 0.462. The molecule has 0 atom stereocenters. The number of rotatable bonds is 4. The number of benzene rings is 1. The Balaban J connectivity index is 2.13. The average Bonchev–Trinajstić information content (AvgIpc) is 2.59. The Morgan fingerprint density at radius 2 is 2.17 bits per heavy atom. The van der Waals surface area contributed by atoms with Crippen LogP contribution in [0.2, 0.25) is 0 Å². The summed E-state index contributed by atoms with van der Waals surface area (Å²) in [5.74, 6) is 0.664. The Labute approximate surface area is 111 Å². The van der Waals surface area contributed by atoms with E-state index in [0.717, 1.165) is 5.56 Å². The van der Waals surface area contributed by atoms with Crippen LogP contribution >= 0.6 is 11.6 Å². The largest absolute Gasteiger partial charge is 0.478 e. The van der Waals surface area contributed by atoms with Gasteiger partial charge in [0.1, 0.15) is 5.75 Å². The van der Waals surface area contributed by atoms with Crippen LogP contribution in [0.3, 0.4) is 0 Å². The second-order valence-corrected chi connectivity index (χ2v) is 5.08. The van der Waals surface area contributed by atoms with Crippen LogP contribution in [0.15, 0.2) is 24.3 Å². The molecule has 1 aromatic carbocycles. The molecule has 0 unspecified atom stereocenters. The lowest BCUT2D eigenvalue weighted by atomic mass is 9.95. The number of para-hydroxylation sites is 1. The number of halogens is 1. The van der Waals surface area contributed by atoms with Gasteiger partial charge in [0.05, 0.1) is 18.6 Å². The highest BCUT2D eigenvalue weighted by Crippen LogP contribution is 2.30. The molecule has 0 saturated carbocycles. The van der Waals surface area contributed by atoms with Crippen LogP contribution in [0.1, 0.15) is 19.4 Å². The fourth-order valence-corrected chi connectivity index (χ4v) is 1.92. The predicted molar refractivity (Wildman–Crippen MR) is 68.1 cm³/mol. The van der Waals surface area contributed by atoms with Crippen LogP contribution in [0.25, 0.3) is 0 Å². The second kappa shape index (κ2) is 5.16. The van der Waals surface area contributed by atoms with Gasteiger partial charge in [0.25, 0.3) is 5.91 Å². The van der Waals surface area contributed by atoms with Crippen molar-refractivity contribution in [1.82, 2.24) is 5.06 Å². The summed E-state index contributed by atoms with van der Waals surface area (Å²) < 4.78 is 5.31. The van der Waals surface area contributed by atoms with E-state index in [1.807, 2.05) is 38.1 Å². The molecule has 0 aliphatic carbocycles. The third-order valence-electron chi connectivity index (χ3n) is 2.88. The summed E-state index contributed by atoms with van der Waals surface area (Å²) in [6, 6.07) is 7.55. The topological polar surface area (TPSA) is 38.8 Å². The van der Waals surface area contributed by atoms with Gasteiger partial charge in [-0.25, -0.2) is 5.06 Å². The maximum Gasteiger partial charge on any atom is 0.254 e. The highest BCUT2D eigenvalue weighted by molar-refractivity contribution is 6.17. The SMILES string of the molecule is CC1(C)CON(Cc2ccccc2OCCl)C1=O. The Morgan fingerprint density at radius 1 is 1.44 bits per heavy atom. The molecule has 2 rings (SSSR count). The predicted octanol–water partition coefficient (Wildman–Crippen LogP) is 2.56. The van der Waals surface area contributed by atoms with Gasteiger partial charge >= 0.3 is 0 Å². The number of hydrogen-bond acceptors (Lipinski definition) is 3. The van der Waals surface area contributed by atoms with Gasteiger partial charge in [-0.05, 0) is 19.9 Å². The van der Waals surface area contributed by atoms with E-state index < -0.39 is 5.41 Å². The smallest absolute Gasteiger partial charge is 0.254 e. The summed E-state index contributed by atoms with van der Waals surface area (Å²) in [5, 5.41) is 1.39. The van der Waals surface area contributed by atoms with Crippen LogP contribution in [-0.4, -0.2) is 23.6 Å². The molecule has 5 heteroatoms. The number of hydroxylamine groups is 2. The van der Waals surface area contributed by atoms with Crippen molar-refractivity contribution in [2.75, 3.05) is 12.7 Å². The van der Waals surface area contributed by atoms with E-state index >= 15 is 0 Å². The first-order valence-corrected chi connectivity index (χ1v) is 6.29. The zero-order valence-electron chi connectivity index (χ0n) is 10.5. The number of nitrogens with zero attached hydrogens (tertiary/aromatic N) is 1. The van der Waals surface area contributed by atoms with E-state index in [9.17, 15) is 4.79 Å². The van der Waals surface area contributed by atoms with E-state index in [0.29, 0.717) is 18.9 Å². The van der Waals surface area contributed by atoms with Gasteiger partial charge in [0, 0.05) is 5.56 Å². The van der Waals surface area contributed by atoms with Gasteiger partial charge in [-0.2, -0.15) is 0 Å². The van der Waals surface area contributed by atoms with E-state index in [-0.39, 0.29) is 12.0 Å². The lowest BCUT2D eigenvalue weighted by Gasteiger charge is -2.18. The van der Waals surface area contributed by atoms with Crippen LogP contribution in [0, 0.1) is 5.41 Å². The third kappa shape index (κ3) is 2.60. The molecule has 0 aromatic heterocycles. The normalized spacial score (nSPS) is 18.2. The fourth-order valence-electron chi connectivity index (χ4n) is 1.80. The summed E-state index contributed by atoms with van der Waals surface area (Å²) in [5.41, 5.74) is 0.423. The minimum atomic E-state index is -0.456. The van der Waals surface area contributed by atoms with Crippen molar-refractivity contribution in [3.8, 4) is 5.75 Å².